The summed E-state index contributed by atoms with van der Waals surface area (Å²) < 4.78 is 0. The van der Waals surface area contributed by atoms with Crippen molar-refractivity contribution in [1.82, 2.24) is 20.1 Å². The monoisotopic (exact) mass is 347 g/mol. The molecular formula is C18H29N5O2. The van der Waals surface area contributed by atoms with Gasteiger partial charge in [-0.2, -0.15) is 0 Å². The third-order valence-corrected chi connectivity index (χ3v) is 4.28. The van der Waals surface area contributed by atoms with Crippen molar-refractivity contribution in [2.24, 2.45) is 5.92 Å². The van der Waals surface area contributed by atoms with E-state index in [-0.39, 0.29) is 11.9 Å². The number of nitrogens with one attached hydrogen (secondary N) is 2. The normalized spacial score (nSPS) is 13.9. The number of rotatable bonds is 4. The third kappa shape index (κ3) is 4.61. The maximum absolute atomic E-state index is 12.6. The zero-order valence-corrected chi connectivity index (χ0v) is 15.8. The highest BCUT2D eigenvalue weighted by Crippen LogP contribution is 2.23. The van der Waals surface area contributed by atoms with Crippen LogP contribution in [-0.4, -0.2) is 67.5 Å². The maximum Gasteiger partial charge on any atom is 0.317 e. The van der Waals surface area contributed by atoms with Crippen LogP contribution in [0.4, 0.5) is 10.6 Å². The summed E-state index contributed by atoms with van der Waals surface area (Å²) in [7, 11) is 5.13. The van der Waals surface area contributed by atoms with E-state index in [2.05, 4.69) is 24.5 Å². The van der Waals surface area contributed by atoms with Crippen LogP contribution in [0, 0.1) is 5.92 Å². The summed E-state index contributed by atoms with van der Waals surface area (Å²) in [5, 5.41) is 5.98. The minimum atomic E-state index is -0.0736. The van der Waals surface area contributed by atoms with Crippen molar-refractivity contribution in [2.75, 3.05) is 46.1 Å². The largest absolute Gasteiger partial charge is 0.369 e. The molecule has 0 saturated carbocycles. The second-order valence-corrected chi connectivity index (χ2v) is 7.01. The molecule has 7 nitrogen and oxygen atoms in total. The summed E-state index contributed by atoms with van der Waals surface area (Å²) >= 11 is 0. The first kappa shape index (κ1) is 19.0. The number of carbonyl (C=O) groups excluding carboxylic acids is 2. The molecule has 1 aliphatic heterocycles. The van der Waals surface area contributed by atoms with Gasteiger partial charge in [0.1, 0.15) is 5.82 Å². The fourth-order valence-electron chi connectivity index (χ4n) is 2.83. The van der Waals surface area contributed by atoms with Crippen LogP contribution in [-0.2, 0) is 12.8 Å². The van der Waals surface area contributed by atoms with E-state index in [9.17, 15) is 9.59 Å². The number of urea groups is 1. The molecule has 0 bridgehead atoms. The first-order chi connectivity index (χ1) is 11.8. The molecule has 7 heteroatoms. The van der Waals surface area contributed by atoms with Crippen LogP contribution in [0.2, 0.25) is 0 Å². The fraction of sp³-hybridized carbons (Fsp3) is 0.611. The first-order valence-corrected chi connectivity index (χ1v) is 8.78. The van der Waals surface area contributed by atoms with Crippen molar-refractivity contribution in [3.05, 3.63) is 22.9 Å². The fourth-order valence-corrected chi connectivity index (χ4v) is 2.83. The summed E-state index contributed by atoms with van der Waals surface area (Å²) in [6, 6.07) is 1.87. The molecular weight excluding hydrogens is 318 g/mol. The van der Waals surface area contributed by atoms with E-state index in [1.165, 1.54) is 0 Å². The van der Waals surface area contributed by atoms with E-state index in [0.717, 1.165) is 17.8 Å². The van der Waals surface area contributed by atoms with E-state index in [0.29, 0.717) is 43.2 Å². The van der Waals surface area contributed by atoms with Crippen LogP contribution in [0.5, 0.6) is 0 Å². The van der Waals surface area contributed by atoms with Gasteiger partial charge in [0.05, 0.1) is 5.56 Å². The number of anilines is 1. The molecule has 0 atom stereocenters. The number of hydrogen-bond donors (Lipinski definition) is 2. The molecule has 0 saturated heterocycles. The van der Waals surface area contributed by atoms with Crippen molar-refractivity contribution in [1.29, 1.82) is 0 Å². The summed E-state index contributed by atoms with van der Waals surface area (Å²) in [6.07, 6.45) is 1.39. The molecule has 2 heterocycles. The minimum Gasteiger partial charge on any atom is -0.369 e. The Balaban J connectivity index is 2.34. The predicted molar refractivity (Wildman–Crippen MR) is 99.0 cm³/mol. The molecule has 0 radical (unpaired) electrons. The highest BCUT2D eigenvalue weighted by molar-refractivity contribution is 5.98. The van der Waals surface area contributed by atoms with Gasteiger partial charge in [-0.1, -0.05) is 13.8 Å². The molecule has 2 N–H and O–H groups in total. The van der Waals surface area contributed by atoms with Crippen molar-refractivity contribution in [2.45, 2.75) is 26.7 Å². The summed E-state index contributed by atoms with van der Waals surface area (Å²) in [5.41, 5.74) is 2.61. The van der Waals surface area contributed by atoms with E-state index < -0.39 is 0 Å². The Bertz CT molecular complexity index is 643. The molecule has 2 rings (SSSR count). The van der Waals surface area contributed by atoms with Gasteiger partial charge < -0.3 is 20.4 Å². The number of pyridine rings is 1. The first-order valence-electron chi connectivity index (χ1n) is 8.78. The Kier molecular flexibility index (Phi) is 6.22. The van der Waals surface area contributed by atoms with Gasteiger partial charge in [0.2, 0.25) is 0 Å². The molecule has 3 amide bonds. The Hall–Kier alpha value is -2.31. The van der Waals surface area contributed by atoms with Crippen molar-refractivity contribution >= 4 is 17.8 Å². The average Bonchev–Trinajstić information content (AvgIpc) is 2.79. The number of amides is 3. The van der Waals surface area contributed by atoms with Gasteiger partial charge in [0, 0.05) is 52.9 Å². The van der Waals surface area contributed by atoms with Crippen LogP contribution < -0.4 is 10.6 Å². The lowest BCUT2D eigenvalue weighted by atomic mass is 10.0. The van der Waals surface area contributed by atoms with Crippen LogP contribution in [0.25, 0.3) is 0 Å². The van der Waals surface area contributed by atoms with Gasteiger partial charge in [-0.05, 0) is 24.0 Å². The zero-order valence-electron chi connectivity index (χ0n) is 15.8. The number of carbonyl (C=O) groups is 2. The van der Waals surface area contributed by atoms with E-state index in [1.807, 2.05) is 6.07 Å². The molecule has 0 aliphatic carbocycles. The summed E-state index contributed by atoms with van der Waals surface area (Å²) in [6.45, 7) is 6.24. The molecule has 1 aromatic rings. The van der Waals surface area contributed by atoms with E-state index in [4.69, 9.17) is 4.98 Å². The SMILES string of the molecule is CNC(=O)N1CCc2cc(C(=O)N(C)C)c(NCC(C)C)nc2CC1. The van der Waals surface area contributed by atoms with Gasteiger partial charge in [0.15, 0.2) is 0 Å². The highest BCUT2D eigenvalue weighted by Gasteiger charge is 2.23. The molecule has 138 valence electrons. The average molecular weight is 347 g/mol. The molecule has 0 fully saturated rings. The van der Waals surface area contributed by atoms with Gasteiger partial charge >= 0.3 is 6.03 Å². The second kappa shape index (κ2) is 8.18. The molecule has 0 spiro atoms. The minimum absolute atomic E-state index is 0.0611. The molecule has 1 aliphatic rings. The van der Waals surface area contributed by atoms with E-state index in [1.54, 1.807) is 30.9 Å². The molecule has 0 unspecified atom stereocenters. The van der Waals surface area contributed by atoms with Gasteiger partial charge in [-0.25, -0.2) is 9.78 Å². The van der Waals surface area contributed by atoms with E-state index >= 15 is 0 Å². The van der Waals surface area contributed by atoms with Crippen molar-refractivity contribution in [3.8, 4) is 0 Å². The number of nitrogens with zero attached hydrogens (tertiary/aromatic N) is 3. The Morgan fingerprint density at radius 1 is 1.28 bits per heavy atom. The third-order valence-electron chi connectivity index (χ3n) is 4.28. The predicted octanol–water partition coefficient (Wildman–Crippen LogP) is 1.59. The van der Waals surface area contributed by atoms with Crippen LogP contribution in [0.1, 0.15) is 35.5 Å². The Morgan fingerprint density at radius 3 is 2.56 bits per heavy atom. The molecule has 1 aromatic heterocycles. The summed E-state index contributed by atoms with van der Waals surface area (Å²) in [5.74, 6) is 1.03. The lowest BCUT2D eigenvalue weighted by Gasteiger charge is -2.18. The van der Waals surface area contributed by atoms with Gasteiger partial charge in [-0.15, -0.1) is 0 Å². The van der Waals surface area contributed by atoms with Crippen LogP contribution >= 0.6 is 0 Å². The number of aromatic nitrogens is 1. The van der Waals surface area contributed by atoms with Gasteiger partial charge in [0.25, 0.3) is 5.91 Å². The lowest BCUT2D eigenvalue weighted by Crippen LogP contribution is -2.39. The van der Waals surface area contributed by atoms with Gasteiger partial charge in [-0.3, -0.25) is 4.79 Å². The van der Waals surface area contributed by atoms with Crippen LogP contribution in [0.3, 0.4) is 0 Å². The van der Waals surface area contributed by atoms with Crippen molar-refractivity contribution < 1.29 is 9.59 Å². The number of hydrogen-bond acceptors (Lipinski definition) is 4. The summed E-state index contributed by atoms with van der Waals surface area (Å²) in [4.78, 5) is 32.6. The highest BCUT2D eigenvalue weighted by atomic mass is 16.2. The molecule has 0 aromatic carbocycles. The maximum atomic E-state index is 12.6. The Labute approximate surface area is 149 Å². The standard InChI is InChI=1S/C18H29N5O2/c1-12(2)11-20-16-14(17(24)22(4)5)10-13-6-8-23(18(25)19-3)9-7-15(13)21-16/h10,12H,6-9,11H2,1-5H3,(H,19,25)(H,20,21). The number of fused-ring (bicyclic) bond motifs is 1. The van der Waals surface area contributed by atoms with Crippen molar-refractivity contribution in [3.63, 3.8) is 0 Å². The second-order valence-electron chi connectivity index (χ2n) is 7.01. The molecule has 25 heavy (non-hydrogen) atoms. The van der Waals surface area contributed by atoms with Crippen LogP contribution in [0.15, 0.2) is 6.07 Å². The lowest BCUT2D eigenvalue weighted by molar-refractivity contribution is 0.0828. The topological polar surface area (TPSA) is 77.6 Å². The zero-order chi connectivity index (χ0) is 18.6. The quantitative estimate of drug-likeness (QED) is 0.867. The smallest absolute Gasteiger partial charge is 0.317 e. The Morgan fingerprint density at radius 2 is 1.96 bits per heavy atom.